The number of allylic oxidation sites excluding steroid dienone is 3. The van der Waals surface area contributed by atoms with Crippen LogP contribution >= 0.6 is 0 Å². The van der Waals surface area contributed by atoms with Crippen molar-refractivity contribution in [1.82, 2.24) is 30.2 Å². The van der Waals surface area contributed by atoms with E-state index < -0.39 is 49.2 Å². The molecule has 0 fully saturated rings. The normalized spacial score (nSPS) is 17.1. The van der Waals surface area contributed by atoms with Crippen molar-refractivity contribution in [3.63, 3.8) is 0 Å². The van der Waals surface area contributed by atoms with Gasteiger partial charge in [0.25, 0.3) is 0 Å². The van der Waals surface area contributed by atoms with E-state index in [1.54, 1.807) is 0 Å². The highest BCUT2D eigenvalue weighted by Gasteiger charge is 2.36. The van der Waals surface area contributed by atoms with Crippen LogP contribution in [-0.2, 0) is 10.7 Å². The first kappa shape index (κ1) is 27.2. The lowest BCUT2D eigenvalue weighted by Crippen LogP contribution is -2.27. The van der Waals surface area contributed by atoms with Gasteiger partial charge in [0.2, 0.25) is 0 Å². The first-order valence-corrected chi connectivity index (χ1v) is 11.1. The average Bonchev–Trinajstić information content (AvgIpc) is 3.41. The van der Waals surface area contributed by atoms with Gasteiger partial charge in [0.15, 0.2) is 12.8 Å². The summed E-state index contributed by atoms with van der Waals surface area (Å²) in [7, 11) is 0. The minimum atomic E-state index is -4.49. The molecular weight excluding hydrogens is 525 g/mol. The van der Waals surface area contributed by atoms with Gasteiger partial charge in [-0.1, -0.05) is 6.08 Å². The zero-order valence-corrected chi connectivity index (χ0v) is 19.3. The molecule has 2 heterocycles. The highest BCUT2D eigenvalue weighted by Crippen LogP contribution is 2.33. The maximum Gasteiger partial charge on any atom is 0.422 e. The van der Waals surface area contributed by atoms with Crippen molar-refractivity contribution in [3.05, 3.63) is 72.2 Å². The summed E-state index contributed by atoms with van der Waals surface area (Å²) in [4.78, 5) is 7.71. The van der Waals surface area contributed by atoms with Gasteiger partial charge < -0.3 is 9.47 Å². The first-order chi connectivity index (χ1) is 18.0. The van der Waals surface area contributed by atoms with Crippen molar-refractivity contribution in [1.29, 1.82) is 0 Å². The zero-order valence-electron chi connectivity index (χ0n) is 19.3. The number of benzene rings is 1. The summed E-state index contributed by atoms with van der Waals surface area (Å²) < 4.78 is 105. The first-order valence-electron chi connectivity index (χ1n) is 11.1. The molecule has 2 aromatic heterocycles. The van der Waals surface area contributed by atoms with Crippen LogP contribution in [0.2, 0.25) is 0 Å². The molecule has 2 unspecified atom stereocenters. The lowest BCUT2D eigenvalue weighted by molar-refractivity contribution is -0.153. The Hall–Kier alpha value is -3.88. The molecule has 2 atom stereocenters. The van der Waals surface area contributed by atoms with Gasteiger partial charge in [-0.25, -0.2) is 13.5 Å². The summed E-state index contributed by atoms with van der Waals surface area (Å²) in [6.07, 6.45) is -2.34. The van der Waals surface area contributed by atoms with Crippen LogP contribution in [0.1, 0.15) is 24.8 Å². The standard InChI is InChI=1S/C23H19F7N6O2/c24-16-4-1-15(18(25)8-16)7-21(36-13-33-34-35-36)38-11-22(26,27)20-10-31-19(9-32-20)14-2-5-17(6-3-14)37-12-23(28,29)30/h1-3,5-6,8-10,13,16,21H,4,7,11-12H2. The molecule has 0 spiro atoms. The lowest BCUT2D eigenvalue weighted by atomic mass is 10.0. The molecule has 8 nitrogen and oxygen atoms in total. The van der Waals surface area contributed by atoms with E-state index in [4.69, 9.17) is 4.74 Å². The predicted molar refractivity (Wildman–Crippen MR) is 117 cm³/mol. The van der Waals surface area contributed by atoms with Gasteiger partial charge >= 0.3 is 12.1 Å². The Morgan fingerprint density at radius 2 is 1.79 bits per heavy atom. The van der Waals surface area contributed by atoms with Gasteiger partial charge in [0.1, 0.15) is 36.4 Å². The second-order valence-corrected chi connectivity index (χ2v) is 8.17. The van der Waals surface area contributed by atoms with Gasteiger partial charge in [0.05, 0.1) is 18.1 Å². The van der Waals surface area contributed by atoms with E-state index in [-0.39, 0.29) is 29.9 Å². The molecule has 0 saturated heterocycles. The summed E-state index contributed by atoms with van der Waals surface area (Å²) in [6.45, 7) is -2.63. The Morgan fingerprint density at radius 1 is 1.03 bits per heavy atom. The highest BCUT2D eigenvalue weighted by molar-refractivity contribution is 5.59. The molecule has 1 aliphatic carbocycles. The third-order valence-corrected chi connectivity index (χ3v) is 5.31. The van der Waals surface area contributed by atoms with Gasteiger partial charge in [-0.15, -0.1) is 5.10 Å². The van der Waals surface area contributed by atoms with E-state index >= 15 is 0 Å². The number of ether oxygens (including phenoxy) is 2. The topological polar surface area (TPSA) is 87.8 Å². The Labute approximate surface area is 210 Å². The van der Waals surface area contributed by atoms with E-state index in [2.05, 4.69) is 30.2 Å². The van der Waals surface area contributed by atoms with Crippen LogP contribution in [0.25, 0.3) is 11.3 Å². The van der Waals surface area contributed by atoms with Crippen molar-refractivity contribution < 1.29 is 40.2 Å². The fraction of sp³-hybridized carbons (Fsp3) is 0.348. The maximum absolute atomic E-state index is 14.9. The summed E-state index contributed by atoms with van der Waals surface area (Å²) in [5, 5.41) is 10.5. The minimum absolute atomic E-state index is 0.0275. The third-order valence-electron chi connectivity index (χ3n) is 5.31. The molecule has 1 aliphatic rings. The summed E-state index contributed by atoms with van der Waals surface area (Å²) in [5.41, 5.74) is -0.0445. The molecular formula is C23H19F7N6O2. The second kappa shape index (κ2) is 11.2. The SMILES string of the molecule is FC1=CC(F)CC=C1CC(OCC(F)(F)c1cnc(-c2ccc(OCC(F)(F)F)cc2)cn1)n1cnnn1. The number of alkyl halides is 6. The number of aromatic nitrogens is 6. The Morgan fingerprint density at radius 3 is 2.39 bits per heavy atom. The smallest absolute Gasteiger partial charge is 0.422 e. The van der Waals surface area contributed by atoms with E-state index in [1.807, 2.05) is 0 Å². The molecule has 1 aromatic carbocycles. The largest absolute Gasteiger partial charge is 0.484 e. The fourth-order valence-corrected chi connectivity index (χ4v) is 3.41. The molecule has 0 amide bonds. The van der Waals surface area contributed by atoms with Crippen LogP contribution in [0, 0.1) is 0 Å². The fourth-order valence-electron chi connectivity index (χ4n) is 3.41. The summed E-state index contributed by atoms with van der Waals surface area (Å²) in [6, 6.07) is 5.38. The Bertz CT molecular complexity index is 1260. The molecule has 0 saturated carbocycles. The summed E-state index contributed by atoms with van der Waals surface area (Å²) >= 11 is 0. The molecule has 4 rings (SSSR count). The van der Waals surface area contributed by atoms with Gasteiger partial charge in [0, 0.05) is 18.4 Å². The molecule has 0 aliphatic heterocycles. The van der Waals surface area contributed by atoms with Crippen molar-refractivity contribution in [3.8, 4) is 17.0 Å². The number of rotatable bonds is 10. The van der Waals surface area contributed by atoms with Gasteiger partial charge in [-0.2, -0.15) is 22.0 Å². The Balaban J connectivity index is 1.41. The van der Waals surface area contributed by atoms with Crippen LogP contribution in [0.5, 0.6) is 5.75 Å². The molecule has 0 radical (unpaired) electrons. The predicted octanol–water partition coefficient (Wildman–Crippen LogP) is 5.29. The molecule has 0 N–H and O–H groups in total. The van der Waals surface area contributed by atoms with Crippen molar-refractivity contribution >= 4 is 0 Å². The molecule has 0 bridgehead atoms. The number of nitrogens with zero attached hydrogens (tertiary/aromatic N) is 6. The number of halogens is 7. The third kappa shape index (κ3) is 7.12. The van der Waals surface area contributed by atoms with Gasteiger partial charge in [-0.3, -0.25) is 9.97 Å². The summed E-state index contributed by atoms with van der Waals surface area (Å²) in [5.74, 6) is -4.47. The van der Waals surface area contributed by atoms with E-state index in [1.165, 1.54) is 30.3 Å². The molecule has 38 heavy (non-hydrogen) atoms. The maximum atomic E-state index is 14.9. The molecule has 15 heteroatoms. The van der Waals surface area contributed by atoms with Crippen molar-refractivity contribution in [2.24, 2.45) is 0 Å². The van der Waals surface area contributed by atoms with Gasteiger partial charge in [-0.05, 0) is 46.3 Å². The molecule has 3 aromatic rings. The monoisotopic (exact) mass is 544 g/mol. The quantitative estimate of drug-likeness (QED) is 0.321. The van der Waals surface area contributed by atoms with E-state index in [9.17, 15) is 30.7 Å². The number of hydrogen-bond donors (Lipinski definition) is 0. The lowest BCUT2D eigenvalue weighted by Gasteiger charge is -2.23. The van der Waals surface area contributed by atoms with Crippen molar-refractivity contribution in [2.75, 3.05) is 13.2 Å². The zero-order chi connectivity index (χ0) is 27.3. The van der Waals surface area contributed by atoms with Crippen LogP contribution in [0.15, 0.2) is 66.5 Å². The van der Waals surface area contributed by atoms with Crippen molar-refractivity contribution in [2.45, 2.75) is 37.3 Å². The number of tetrazole rings is 1. The number of hydrogen-bond acceptors (Lipinski definition) is 7. The second-order valence-electron chi connectivity index (χ2n) is 8.17. The molecule has 202 valence electrons. The minimum Gasteiger partial charge on any atom is -0.484 e. The highest BCUT2D eigenvalue weighted by atomic mass is 19.4. The van der Waals surface area contributed by atoms with Crippen LogP contribution < -0.4 is 4.74 Å². The van der Waals surface area contributed by atoms with Crippen LogP contribution in [-0.4, -0.2) is 55.7 Å². The average molecular weight is 544 g/mol. The van der Waals surface area contributed by atoms with Crippen LogP contribution in [0.3, 0.4) is 0 Å². The van der Waals surface area contributed by atoms with E-state index in [0.717, 1.165) is 29.5 Å². The van der Waals surface area contributed by atoms with Crippen LogP contribution in [0.4, 0.5) is 30.7 Å². The van der Waals surface area contributed by atoms with E-state index in [0.29, 0.717) is 5.56 Å². The Kier molecular flexibility index (Phi) is 8.04.